The molecule has 1 aliphatic carbocycles. The highest BCUT2D eigenvalue weighted by molar-refractivity contribution is 7.89. The van der Waals surface area contributed by atoms with Crippen LogP contribution in [-0.2, 0) is 10.0 Å². The number of nitrogens with one attached hydrogen (secondary N) is 1. The van der Waals surface area contributed by atoms with Crippen LogP contribution in [0.3, 0.4) is 0 Å². The predicted molar refractivity (Wildman–Crippen MR) is 90.1 cm³/mol. The number of benzene rings is 1. The van der Waals surface area contributed by atoms with Gasteiger partial charge in [-0.3, -0.25) is 0 Å². The molecular formula is C16H27N3O2S. The molecule has 2 rings (SSSR count). The number of rotatable bonds is 6. The van der Waals surface area contributed by atoms with Crippen LogP contribution in [0.1, 0.15) is 39.5 Å². The van der Waals surface area contributed by atoms with Gasteiger partial charge in [-0.2, -0.15) is 0 Å². The van der Waals surface area contributed by atoms with Crippen LogP contribution in [0.2, 0.25) is 0 Å². The van der Waals surface area contributed by atoms with Crippen LogP contribution < -0.4 is 10.5 Å². The third kappa shape index (κ3) is 4.21. The van der Waals surface area contributed by atoms with Gasteiger partial charge < -0.3 is 10.6 Å². The lowest BCUT2D eigenvalue weighted by molar-refractivity contribution is 0.161. The van der Waals surface area contributed by atoms with Crippen LogP contribution in [0.5, 0.6) is 0 Å². The van der Waals surface area contributed by atoms with E-state index in [9.17, 15) is 8.42 Å². The molecule has 1 aliphatic rings. The Morgan fingerprint density at radius 2 is 1.64 bits per heavy atom. The maximum Gasteiger partial charge on any atom is 0.240 e. The van der Waals surface area contributed by atoms with E-state index in [-0.39, 0.29) is 10.9 Å². The van der Waals surface area contributed by atoms with Crippen molar-refractivity contribution in [1.29, 1.82) is 0 Å². The van der Waals surface area contributed by atoms with E-state index in [1.807, 2.05) is 0 Å². The van der Waals surface area contributed by atoms with Crippen LogP contribution in [0.15, 0.2) is 29.2 Å². The molecule has 22 heavy (non-hydrogen) atoms. The van der Waals surface area contributed by atoms with Crippen molar-refractivity contribution in [3.63, 3.8) is 0 Å². The maximum absolute atomic E-state index is 12.4. The number of anilines is 1. The van der Waals surface area contributed by atoms with E-state index in [1.165, 1.54) is 0 Å². The molecule has 3 N–H and O–H groups in total. The number of hydrogen-bond donors (Lipinski definition) is 2. The summed E-state index contributed by atoms with van der Waals surface area (Å²) in [5.74, 6) is 0. The molecule has 1 aromatic carbocycles. The summed E-state index contributed by atoms with van der Waals surface area (Å²) in [5.41, 5.74) is 6.17. The molecule has 0 spiro atoms. The van der Waals surface area contributed by atoms with Crippen molar-refractivity contribution in [3.8, 4) is 0 Å². The molecule has 0 aromatic heterocycles. The van der Waals surface area contributed by atoms with E-state index < -0.39 is 10.0 Å². The second kappa shape index (κ2) is 7.44. The van der Waals surface area contributed by atoms with E-state index in [0.717, 1.165) is 38.8 Å². The number of hydrogen-bond acceptors (Lipinski definition) is 4. The molecule has 124 valence electrons. The summed E-state index contributed by atoms with van der Waals surface area (Å²) in [6.45, 7) is 6.48. The molecule has 0 radical (unpaired) electrons. The third-order valence-electron chi connectivity index (χ3n) is 4.54. The van der Waals surface area contributed by atoms with Gasteiger partial charge in [0.25, 0.3) is 0 Å². The Kier molecular flexibility index (Phi) is 5.83. The SMILES string of the molecule is CCN(CC)C1CCC(NS(=O)(=O)c2ccc(N)cc2)CC1. The number of nitrogens with zero attached hydrogens (tertiary/aromatic N) is 1. The van der Waals surface area contributed by atoms with Gasteiger partial charge in [0.05, 0.1) is 4.90 Å². The van der Waals surface area contributed by atoms with Crippen LogP contribution in [0.4, 0.5) is 5.69 Å². The van der Waals surface area contributed by atoms with Gasteiger partial charge in [0.2, 0.25) is 10.0 Å². The Bertz CT molecular complexity index is 560. The minimum atomic E-state index is -3.44. The van der Waals surface area contributed by atoms with E-state index in [2.05, 4.69) is 23.5 Å². The highest BCUT2D eigenvalue weighted by Gasteiger charge is 2.27. The molecule has 1 aromatic rings. The Hall–Kier alpha value is -1.11. The average Bonchev–Trinajstić information content (AvgIpc) is 2.50. The van der Waals surface area contributed by atoms with Crippen LogP contribution in [-0.4, -0.2) is 38.5 Å². The van der Waals surface area contributed by atoms with Gasteiger partial charge in [-0.1, -0.05) is 13.8 Å². The first kappa shape index (κ1) is 17.2. The van der Waals surface area contributed by atoms with Gasteiger partial charge in [-0.15, -0.1) is 0 Å². The second-order valence-electron chi connectivity index (χ2n) is 5.92. The fraction of sp³-hybridized carbons (Fsp3) is 0.625. The summed E-state index contributed by atoms with van der Waals surface area (Å²) in [7, 11) is -3.44. The van der Waals surface area contributed by atoms with Crippen LogP contribution >= 0.6 is 0 Å². The topological polar surface area (TPSA) is 75.4 Å². The lowest BCUT2D eigenvalue weighted by Crippen LogP contribution is -2.43. The third-order valence-corrected chi connectivity index (χ3v) is 6.07. The molecule has 0 heterocycles. The molecule has 1 saturated carbocycles. The Morgan fingerprint density at radius 3 is 2.14 bits per heavy atom. The van der Waals surface area contributed by atoms with Gasteiger partial charge in [0, 0.05) is 17.8 Å². The van der Waals surface area contributed by atoms with Gasteiger partial charge in [-0.05, 0) is 63.0 Å². The smallest absolute Gasteiger partial charge is 0.240 e. The highest BCUT2D eigenvalue weighted by Crippen LogP contribution is 2.24. The fourth-order valence-corrected chi connectivity index (χ4v) is 4.54. The quantitative estimate of drug-likeness (QED) is 0.786. The highest BCUT2D eigenvalue weighted by atomic mass is 32.2. The summed E-state index contributed by atoms with van der Waals surface area (Å²) < 4.78 is 27.6. The largest absolute Gasteiger partial charge is 0.399 e. The molecule has 6 heteroatoms. The molecule has 1 fully saturated rings. The van der Waals surface area contributed by atoms with Gasteiger partial charge in [0.15, 0.2) is 0 Å². The molecule has 0 saturated heterocycles. The van der Waals surface area contributed by atoms with Gasteiger partial charge >= 0.3 is 0 Å². The van der Waals surface area contributed by atoms with Crippen molar-refractivity contribution in [2.45, 2.75) is 56.5 Å². The zero-order valence-electron chi connectivity index (χ0n) is 13.5. The molecule has 0 amide bonds. The molecule has 0 unspecified atom stereocenters. The first-order chi connectivity index (χ1) is 10.5. The van der Waals surface area contributed by atoms with Crippen molar-refractivity contribution in [2.24, 2.45) is 0 Å². The summed E-state index contributed by atoms with van der Waals surface area (Å²) >= 11 is 0. The van der Waals surface area contributed by atoms with Crippen LogP contribution in [0, 0.1) is 0 Å². The summed E-state index contributed by atoms with van der Waals surface area (Å²) in [4.78, 5) is 2.75. The van der Waals surface area contributed by atoms with E-state index in [0.29, 0.717) is 11.7 Å². The van der Waals surface area contributed by atoms with Gasteiger partial charge in [0.1, 0.15) is 0 Å². The monoisotopic (exact) mass is 325 g/mol. The Balaban J connectivity index is 1.94. The van der Waals surface area contributed by atoms with E-state index in [4.69, 9.17) is 5.73 Å². The summed E-state index contributed by atoms with van der Waals surface area (Å²) in [6.07, 6.45) is 3.90. The first-order valence-electron chi connectivity index (χ1n) is 8.08. The van der Waals surface area contributed by atoms with E-state index >= 15 is 0 Å². The van der Waals surface area contributed by atoms with Crippen molar-refractivity contribution in [2.75, 3.05) is 18.8 Å². The molecular weight excluding hydrogens is 298 g/mol. The standard InChI is InChI=1S/C16H27N3O2S/c1-3-19(4-2)15-9-7-14(8-10-15)18-22(20,21)16-11-5-13(17)6-12-16/h5-6,11-12,14-15,18H,3-4,7-10,17H2,1-2H3. The minimum Gasteiger partial charge on any atom is -0.399 e. The predicted octanol–water partition coefficient (Wildman–Crippen LogP) is 2.20. The lowest BCUT2D eigenvalue weighted by Gasteiger charge is -2.35. The lowest BCUT2D eigenvalue weighted by atomic mass is 9.91. The summed E-state index contributed by atoms with van der Waals surface area (Å²) in [6, 6.07) is 6.97. The Morgan fingerprint density at radius 1 is 1.09 bits per heavy atom. The van der Waals surface area contributed by atoms with Gasteiger partial charge in [-0.25, -0.2) is 13.1 Å². The molecule has 5 nitrogen and oxygen atoms in total. The van der Waals surface area contributed by atoms with Crippen molar-refractivity contribution < 1.29 is 8.42 Å². The molecule has 0 aliphatic heterocycles. The van der Waals surface area contributed by atoms with Crippen molar-refractivity contribution in [3.05, 3.63) is 24.3 Å². The first-order valence-corrected chi connectivity index (χ1v) is 9.56. The molecule has 0 bridgehead atoms. The molecule has 0 atom stereocenters. The fourth-order valence-electron chi connectivity index (χ4n) is 3.23. The van der Waals surface area contributed by atoms with Crippen molar-refractivity contribution in [1.82, 2.24) is 9.62 Å². The summed E-state index contributed by atoms with van der Waals surface area (Å²) in [5, 5.41) is 0. The average molecular weight is 325 g/mol. The number of sulfonamides is 1. The van der Waals surface area contributed by atoms with Crippen LogP contribution in [0.25, 0.3) is 0 Å². The normalized spacial score (nSPS) is 22.9. The second-order valence-corrected chi connectivity index (χ2v) is 7.63. The van der Waals surface area contributed by atoms with Crippen molar-refractivity contribution >= 4 is 15.7 Å². The zero-order chi connectivity index (χ0) is 16.2. The number of nitrogen functional groups attached to an aromatic ring is 1. The van der Waals surface area contributed by atoms with E-state index in [1.54, 1.807) is 24.3 Å². The Labute approximate surface area is 133 Å². The minimum absolute atomic E-state index is 0.0364. The number of nitrogens with two attached hydrogens (primary N) is 1. The zero-order valence-corrected chi connectivity index (χ0v) is 14.3. The maximum atomic E-state index is 12.4.